The molecule has 19 heavy (non-hydrogen) atoms. The molecule has 1 aliphatic rings. The van der Waals surface area contributed by atoms with Crippen molar-refractivity contribution in [2.45, 2.75) is 45.7 Å². The molecule has 106 valence electrons. The molecule has 0 bridgehead atoms. The molecule has 1 aromatic rings. The minimum absolute atomic E-state index is 0.958. The van der Waals surface area contributed by atoms with Gasteiger partial charge in [-0.05, 0) is 49.9 Å². The predicted molar refractivity (Wildman–Crippen MR) is 82.1 cm³/mol. The van der Waals surface area contributed by atoms with E-state index in [0.717, 1.165) is 25.6 Å². The molecule has 0 amide bonds. The summed E-state index contributed by atoms with van der Waals surface area (Å²) in [5, 5.41) is 3.47. The van der Waals surface area contributed by atoms with Crippen molar-refractivity contribution in [2.75, 3.05) is 20.1 Å². The van der Waals surface area contributed by atoms with E-state index in [0.29, 0.717) is 0 Å². The normalized spacial score (nSPS) is 15.7. The van der Waals surface area contributed by atoms with Crippen LogP contribution in [0.25, 0.3) is 0 Å². The van der Waals surface area contributed by atoms with Crippen molar-refractivity contribution in [3.63, 3.8) is 0 Å². The Morgan fingerprint density at radius 3 is 2.74 bits per heavy atom. The molecular formula is C17H28N2. The lowest BCUT2D eigenvalue weighted by molar-refractivity contribution is 0.200. The molecule has 0 saturated heterocycles. The van der Waals surface area contributed by atoms with E-state index >= 15 is 0 Å². The Labute approximate surface area is 118 Å². The lowest BCUT2D eigenvalue weighted by Gasteiger charge is -2.30. The number of nitrogens with zero attached hydrogens (tertiary/aromatic N) is 1. The summed E-state index contributed by atoms with van der Waals surface area (Å²) in [7, 11) is 2.25. The molecule has 2 heteroatoms. The van der Waals surface area contributed by atoms with Gasteiger partial charge in [0.25, 0.3) is 0 Å². The van der Waals surface area contributed by atoms with Crippen LogP contribution in [0.4, 0.5) is 0 Å². The maximum Gasteiger partial charge on any atom is 0.0230 e. The summed E-state index contributed by atoms with van der Waals surface area (Å²) >= 11 is 0. The number of nitrogens with one attached hydrogen (secondary N) is 1. The first-order chi connectivity index (χ1) is 9.28. The van der Waals surface area contributed by atoms with E-state index in [1.165, 1.54) is 43.4 Å². The van der Waals surface area contributed by atoms with Gasteiger partial charge in [-0.2, -0.15) is 0 Å². The van der Waals surface area contributed by atoms with E-state index in [4.69, 9.17) is 0 Å². The molecular weight excluding hydrogens is 232 g/mol. The highest BCUT2D eigenvalue weighted by Crippen LogP contribution is 2.27. The second-order valence-electron chi connectivity index (χ2n) is 5.99. The first-order valence-electron chi connectivity index (χ1n) is 7.75. The van der Waals surface area contributed by atoms with Crippen molar-refractivity contribution >= 4 is 0 Å². The van der Waals surface area contributed by atoms with Crippen LogP contribution in [-0.2, 0) is 13.1 Å². The van der Waals surface area contributed by atoms with Crippen LogP contribution in [0.3, 0.4) is 0 Å². The van der Waals surface area contributed by atoms with Gasteiger partial charge in [0.1, 0.15) is 0 Å². The molecule has 1 aromatic carbocycles. The monoisotopic (exact) mass is 260 g/mol. The smallest absolute Gasteiger partial charge is 0.0230 e. The third-order valence-corrected chi connectivity index (χ3v) is 3.99. The summed E-state index contributed by atoms with van der Waals surface area (Å²) in [6, 6.07) is 9.01. The van der Waals surface area contributed by atoms with Crippen LogP contribution < -0.4 is 5.32 Å². The SMILES string of the molecule is CCCNCc1cccc(CN(C)CC2CCC2)c1. The van der Waals surface area contributed by atoms with Crippen LogP contribution in [0, 0.1) is 5.92 Å². The van der Waals surface area contributed by atoms with Crippen molar-refractivity contribution < 1.29 is 0 Å². The Morgan fingerprint density at radius 2 is 2.05 bits per heavy atom. The molecule has 1 fully saturated rings. The summed E-state index contributed by atoms with van der Waals surface area (Å²) in [4.78, 5) is 2.47. The lowest BCUT2D eigenvalue weighted by Crippen LogP contribution is -2.29. The Hall–Kier alpha value is -0.860. The highest BCUT2D eigenvalue weighted by molar-refractivity contribution is 5.23. The molecule has 2 nitrogen and oxygen atoms in total. The Kier molecular flexibility index (Phi) is 5.87. The molecule has 2 rings (SSSR count). The van der Waals surface area contributed by atoms with Crippen LogP contribution >= 0.6 is 0 Å². The van der Waals surface area contributed by atoms with Gasteiger partial charge < -0.3 is 10.2 Å². The minimum atomic E-state index is 0.958. The van der Waals surface area contributed by atoms with Crippen molar-refractivity contribution in [3.05, 3.63) is 35.4 Å². The van der Waals surface area contributed by atoms with E-state index in [2.05, 4.69) is 48.5 Å². The van der Waals surface area contributed by atoms with Gasteiger partial charge in [0, 0.05) is 19.6 Å². The molecule has 1 aliphatic carbocycles. The van der Waals surface area contributed by atoms with E-state index < -0.39 is 0 Å². The summed E-state index contributed by atoms with van der Waals surface area (Å²) in [6.07, 6.45) is 5.51. The molecule has 0 heterocycles. The first kappa shape index (κ1) is 14.5. The summed E-state index contributed by atoms with van der Waals surface area (Å²) < 4.78 is 0. The molecule has 0 radical (unpaired) electrons. The fourth-order valence-electron chi connectivity index (χ4n) is 2.74. The maximum absolute atomic E-state index is 3.47. The predicted octanol–water partition coefficient (Wildman–Crippen LogP) is 3.42. The molecule has 0 atom stereocenters. The van der Waals surface area contributed by atoms with Gasteiger partial charge in [0.2, 0.25) is 0 Å². The summed E-state index contributed by atoms with van der Waals surface area (Å²) in [6.45, 7) is 6.65. The number of hydrogen-bond acceptors (Lipinski definition) is 2. The van der Waals surface area contributed by atoms with Gasteiger partial charge in [-0.15, -0.1) is 0 Å². The fraction of sp³-hybridized carbons (Fsp3) is 0.647. The average Bonchev–Trinajstić information content (AvgIpc) is 2.35. The van der Waals surface area contributed by atoms with E-state index in [1.807, 2.05) is 0 Å². The Bertz CT molecular complexity index is 371. The highest BCUT2D eigenvalue weighted by Gasteiger charge is 2.18. The second-order valence-corrected chi connectivity index (χ2v) is 5.99. The number of hydrogen-bond donors (Lipinski definition) is 1. The molecule has 0 aromatic heterocycles. The van der Waals surface area contributed by atoms with Crippen molar-refractivity contribution in [2.24, 2.45) is 5.92 Å². The minimum Gasteiger partial charge on any atom is -0.313 e. The van der Waals surface area contributed by atoms with E-state index in [9.17, 15) is 0 Å². The fourth-order valence-corrected chi connectivity index (χ4v) is 2.74. The third kappa shape index (κ3) is 4.96. The van der Waals surface area contributed by atoms with Crippen LogP contribution in [0.5, 0.6) is 0 Å². The standard InChI is InChI=1S/C17H28N2/c1-3-10-18-12-16-8-5-9-17(11-16)14-19(2)13-15-6-4-7-15/h5,8-9,11,15,18H,3-4,6-7,10,12-14H2,1-2H3. The Morgan fingerprint density at radius 1 is 1.26 bits per heavy atom. The highest BCUT2D eigenvalue weighted by atomic mass is 15.1. The van der Waals surface area contributed by atoms with Gasteiger partial charge in [-0.25, -0.2) is 0 Å². The topological polar surface area (TPSA) is 15.3 Å². The van der Waals surface area contributed by atoms with Crippen molar-refractivity contribution in [1.82, 2.24) is 10.2 Å². The van der Waals surface area contributed by atoms with E-state index in [-0.39, 0.29) is 0 Å². The molecule has 1 saturated carbocycles. The zero-order valence-corrected chi connectivity index (χ0v) is 12.5. The Balaban J connectivity index is 1.79. The molecule has 0 aliphatic heterocycles. The molecule has 0 spiro atoms. The van der Waals surface area contributed by atoms with Crippen LogP contribution in [0.2, 0.25) is 0 Å². The van der Waals surface area contributed by atoms with Gasteiger partial charge in [0.05, 0.1) is 0 Å². The van der Waals surface area contributed by atoms with Gasteiger partial charge in [0.15, 0.2) is 0 Å². The van der Waals surface area contributed by atoms with Crippen LogP contribution in [-0.4, -0.2) is 25.0 Å². The summed E-state index contributed by atoms with van der Waals surface area (Å²) in [5.74, 6) is 0.958. The molecule has 1 N–H and O–H groups in total. The van der Waals surface area contributed by atoms with Crippen molar-refractivity contribution in [1.29, 1.82) is 0 Å². The summed E-state index contributed by atoms with van der Waals surface area (Å²) in [5.41, 5.74) is 2.85. The largest absolute Gasteiger partial charge is 0.313 e. The van der Waals surface area contributed by atoms with Crippen LogP contribution in [0.1, 0.15) is 43.7 Å². The third-order valence-electron chi connectivity index (χ3n) is 3.99. The second kappa shape index (κ2) is 7.66. The first-order valence-corrected chi connectivity index (χ1v) is 7.75. The van der Waals surface area contributed by atoms with Crippen LogP contribution in [0.15, 0.2) is 24.3 Å². The van der Waals surface area contributed by atoms with E-state index in [1.54, 1.807) is 0 Å². The van der Waals surface area contributed by atoms with Crippen molar-refractivity contribution in [3.8, 4) is 0 Å². The van der Waals surface area contributed by atoms with Gasteiger partial charge in [-0.3, -0.25) is 0 Å². The molecule has 0 unspecified atom stereocenters. The zero-order valence-electron chi connectivity index (χ0n) is 12.5. The maximum atomic E-state index is 3.47. The van der Waals surface area contributed by atoms with Gasteiger partial charge in [-0.1, -0.05) is 37.6 Å². The zero-order chi connectivity index (χ0) is 13.5. The quantitative estimate of drug-likeness (QED) is 0.721. The lowest BCUT2D eigenvalue weighted by atomic mass is 9.85. The van der Waals surface area contributed by atoms with Gasteiger partial charge >= 0.3 is 0 Å². The number of rotatable bonds is 8. The average molecular weight is 260 g/mol. The number of benzene rings is 1.